The summed E-state index contributed by atoms with van der Waals surface area (Å²) in [5.41, 5.74) is 0. The van der Waals surface area contributed by atoms with Crippen LogP contribution in [0.15, 0.2) is 60.7 Å². The van der Waals surface area contributed by atoms with Crippen molar-refractivity contribution in [1.82, 2.24) is 0 Å². The standard InChI is InChI=1S/C17H20BrP/c18-19(14-8-3-9-15-19,16-10-4-1-5-11-16)17-12-6-2-7-13-17/h1-2,4-7,10-13H,3,8-9,14-15H2. The van der Waals surface area contributed by atoms with Crippen LogP contribution < -0.4 is 10.6 Å². The Hall–Kier alpha value is -0.650. The molecular weight excluding hydrogens is 315 g/mol. The molecule has 2 aromatic carbocycles. The molecule has 1 heterocycles. The van der Waals surface area contributed by atoms with Gasteiger partial charge in [0.15, 0.2) is 0 Å². The normalized spacial score (nSPS) is 23.1. The van der Waals surface area contributed by atoms with Gasteiger partial charge in [0, 0.05) is 0 Å². The average Bonchev–Trinajstić information content (AvgIpc) is 2.50. The van der Waals surface area contributed by atoms with Crippen LogP contribution in [-0.2, 0) is 0 Å². The first-order valence-electron chi connectivity index (χ1n) is 7.07. The maximum atomic E-state index is 4.35. The molecular formula is C17H20BrP. The van der Waals surface area contributed by atoms with E-state index in [-0.39, 0.29) is 0 Å². The van der Waals surface area contributed by atoms with Crippen LogP contribution in [0, 0.1) is 0 Å². The molecule has 3 rings (SSSR count). The molecule has 19 heavy (non-hydrogen) atoms. The van der Waals surface area contributed by atoms with E-state index in [1.807, 2.05) is 0 Å². The minimum absolute atomic E-state index is 1.31. The number of benzene rings is 2. The molecule has 0 N–H and O–H groups in total. The predicted molar refractivity (Wildman–Crippen MR) is 91.6 cm³/mol. The molecule has 1 aliphatic heterocycles. The monoisotopic (exact) mass is 334 g/mol. The maximum absolute atomic E-state index is 4.35. The Kier molecular flexibility index (Phi) is 3.53. The molecule has 0 bridgehead atoms. The number of hydrogen-bond acceptors (Lipinski definition) is 0. The van der Waals surface area contributed by atoms with Gasteiger partial charge in [0.2, 0.25) is 0 Å². The summed E-state index contributed by atoms with van der Waals surface area (Å²) in [5.74, 6) is 0. The molecule has 0 atom stereocenters. The van der Waals surface area contributed by atoms with Gasteiger partial charge in [-0.15, -0.1) is 0 Å². The molecule has 0 spiro atoms. The van der Waals surface area contributed by atoms with Gasteiger partial charge in [-0.2, -0.15) is 0 Å². The van der Waals surface area contributed by atoms with Crippen LogP contribution in [0.25, 0.3) is 0 Å². The van der Waals surface area contributed by atoms with Crippen molar-refractivity contribution in [2.45, 2.75) is 19.3 Å². The topological polar surface area (TPSA) is 0 Å². The van der Waals surface area contributed by atoms with Crippen LogP contribution in [-0.4, -0.2) is 12.3 Å². The Morgan fingerprint density at radius 2 is 1.05 bits per heavy atom. The van der Waals surface area contributed by atoms with Crippen molar-refractivity contribution in [3.8, 4) is 0 Å². The summed E-state index contributed by atoms with van der Waals surface area (Å²) in [5, 5.41) is 0.940. The zero-order valence-corrected chi connectivity index (χ0v) is 13.6. The second kappa shape index (κ2) is 5.04. The first-order valence-corrected chi connectivity index (χ1v) is 11.7. The molecule has 0 saturated carbocycles. The van der Waals surface area contributed by atoms with Gasteiger partial charge >= 0.3 is 124 Å². The fraction of sp³-hybridized carbons (Fsp3) is 0.294. The summed E-state index contributed by atoms with van der Waals surface area (Å²) in [6.45, 7) is 0. The second-order valence-electron chi connectivity index (χ2n) is 5.55. The van der Waals surface area contributed by atoms with Crippen LogP contribution >= 0.6 is 20.8 Å². The summed E-state index contributed by atoms with van der Waals surface area (Å²) in [7, 11) is 0. The Bertz CT molecular complexity index is 500. The van der Waals surface area contributed by atoms with Gasteiger partial charge in [0.25, 0.3) is 0 Å². The van der Waals surface area contributed by atoms with Crippen molar-refractivity contribution >= 4 is 31.4 Å². The Morgan fingerprint density at radius 3 is 1.47 bits per heavy atom. The summed E-state index contributed by atoms with van der Waals surface area (Å²) < 4.78 is 0. The molecule has 2 heteroatoms. The van der Waals surface area contributed by atoms with Crippen molar-refractivity contribution in [1.29, 1.82) is 0 Å². The number of hydrogen-bond donors (Lipinski definition) is 0. The van der Waals surface area contributed by atoms with Gasteiger partial charge in [-0.1, -0.05) is 0 Å². The molecule has 0 nitrogen and oxygen atoms in total. The first kappa shape index (κ1) is 13.3. The van der Waals surface area contributed by atoms with Gasteiger partial charge < -0.3 is 0 Å². The predicted octanol–water partition coefficient (Wildman–Crippen LogP) is 4.68. The van der Waals surface area contributed by atoms with Crippen LogP contribution in [0.3, 0.4) is 0 Å². The molecule has 100 valence electrons. The van der Waals surface area contributed by atoms with E-state index in [1.54, 1.807) is 0 Å². The SMILES string of the molecule is BrP1(c2ccccc2)(c2ccccc2)CCCCC1. The van der Waals surface area contributed by atoms with Crippen LogP contribution in [0.4, 0.5) is 0 Å². The van der Waals surface area contributed by atoms with E-state index >= 15 is 0 Å². The van der Waals surface area contributed by atoms with E-state index in [0.717, 1.165) is 0 Å². The summed E-state index contributed by atoms with van der Waals surface area (Å²) >= 11 is 4.35. The summed E-state index contributed by atoms with van der Waals surface area (Å²) in [6, 6.07) is 22.3. The van der Waals surface area contributed by atoms with E-state index in [0.29, 0.717) is 0 Å². The van der Waals surface area contributed by atoms with Crippen molar-refractivity contribution < 1.29 is 0 Å². The molecule has 1 aliphatic rings. The van der Waals surface area contributed by atoms with Crippen LogP contribution in [0.2, 0.25) is 0 Å². The van der Waals surface area contributed by atoms with Gasteiger partial charge in [-0.25, -0.2) is 0 Å². The average molecular weight is 335 g/mol. The Balaban J connectivity index is 2.22. The molecule has 0 radical (unpaired) electrons. The minimum atomic E-state index is -2.11. The quantitative estimate of drug-likeness (QED) is 0.699. The first-order chi connectivity index (χ1) is 9.23. The van der Waals surface area contributed by atoms with Crippen molar-refractivity contribution in [3.63, 3.8) is 0 Å². The summed E-state index contributed by atoms with van der Waals surface area (Å²) in [6.07, 6.45) is 6.67. The fourth-order valence-corrected chi connectivity index (χ4v) is 11.3. The van der Waals surface area contributed by atoms with E-state index in [1.165, 1.54) is 42.2 Å². The third-order valence-electron chi connectivity index (χ3n) is 4.44. The zero-order valence-electron chi connectivity index (χ0n) is 11.1. The molecule has 0 aliphatic carbocycles. The molecule has 1 fully saturated rings. The Labute approximate surface area is 123 Å². The van der Waals surface area contributed by atoms with Crippen LogP contribution in [0.1, 0.15) is 19.3 Å². The van der Waals surface area contributed by atoms with Crippen molar-refractivity contribution in [2.24, 2.45) is 0 Å². The van der Waals surface area contributed by atoms with E-state index in [4.69, 9.17) is 0 Å². The van der Waals surface area contributed by atoms with Crippen LogP contribution in [0.5, 0.6) is 0 Å². The molecule has 1 saturated heterocycles. The van der Waals surface area contributed by atoms with E-state index in [9.17, 15) is 0 Å². The molecule has 0 aromatic heterocycles. The van der Waals surface area contributed by atoms with Gasteiger partial charge in [0.05, 0.1) is 0 Å². The number of rotatable bonds is 2. The summed E-state index contributed by atoms with van der Waals surface area (Å²) in [4.78, 5) is 0. The third kappa shape index (κ3) is 2.18. The van der Waals surface area contributed by atoms with Crippen molar-refractivity contribution in [3.05, 3.63) is 60.7 Å². The fourth-order valence-electron chi connectivity index (χ4n) is 3.38. The van der Waals surface area contributed by atoms with E-state index < -0.39 is 5.31 Å². The zero-order chi connectivity index (χ0) is 13.2. The molecule has 2 aromatic rings. The van der Waals surface area contributed by atoms with Gasteiger partial charge in [0.1, 0.15) is 0 Å². The van der Waals surface area contributed by atoms with Gasteiger partial charge in [-0.05, 0) is 0 Å². The molecule has 0 unspecified atom stereocenters. The molecule has 0 amide bonds. The third-order valence-corrected chi connectivity index (χ3v) is 14.5. The second-order valence-corrected chi connectivity index (χ2v) is 15.4. The van der Waals surface area contributed by atoms with Gasteiger partial charge in [-0.3, -0.25) is 0 Å². The van der Waals surface area contributed by atoms with Crippen molar-refractivity contribution in [2.75, 3.05) is 12.3 Å². The number of halogens is 1. The van der Waals surface area contributed by atoms with E-state index in [2.05, 4.69) is 76.2 Å². The Morgan fingerprint density at radius 1 is 0.632 bits per heavy atom.